The Kier molecular flexibility index (Phi) is 26.6. The molecule has 0 spiro atoms. The summed E-state index contributed by atoms with van der Waals surface area (Å²) >= 11 is 0. The smallest absolute Gasteiger partial charge is 0.187 e. The summed E-state index contributed by atoms with van der Waals surface area (Å²) in [5.41, 5.74) is 28.0. The van der Waals surface area contributed by atoms with Crippen molar-refractivity contribution in [2.75, 3.05) is 35.1 Å². The monoisotopic (exact) mass is 1880 g/mol. The third kappa shape index (κ3) is 21.9. The minimum absolute atomic E-state index is 0. The zero-order valence-electron chi connectivity index (χ0n) is 89.7. The fourth-order valence-electron chi connectivity index (χ4n) is 18.6. The van der Waals surface area contributed by atoms with Gasteiger partial charge in [-0.05, 0) is 283 Å². The Morgan fingerprint density at radius 1 is 0.345 bits per heavy atom. The molecule has 0 bridgehead atoms. The lowest BCUT2D eigenvalue weighted by molar-refractivity contribution is 0.660. The van der Waals surface area contributed by atoms with Crippen LogP contribution in [-0.4, -0.2) is 16.0 Å². The minimum atomic E-state index is -0.601. The molecule has 0 amide bonds. The van der Waals surface area contributed by atoms with Crippen LogP contribution in [0.1, 0.15) is 79.8 Å². The van der Waals surface area contributed by atoms with Crippen LogP contribution in [0, 0.1) is 6.57 Å². The summed E-state index contributed by atoms with van der Waals surface area (Å²) in [6, 6.07) is 137. The molecule has 0 saturated heterocycles. The summed E-state index contributed by atoms with van der Waals surface area (Å²) < 4.78 is 81.1. The quantitative estimate of drug-likeness (QED) is 0.0541. The molecule has 10 nitrogen and oxygen atoms in total. The van der Waals surface area contributed by atoms with Gasteiger partial charge >= 0.3 is 0 Å². The Bertz CT molecular complexity index is 8520. The van der Waals surface area contributed by atoms with Gasteiger partial charge in [0.25, 0.3) is 0 Å². The van der Waals surface area contributed by atoms with Gasteiger partial charge in [-0.3, -0.25) is 9.97 Å². The van der Waals surface area contributed by atoms with E-state index in [4.69, 9.17) is 20.3 Å². The lowest BCUT2D eigenvalue weighted by Crippen LogP contribution is -2.28. The molecule has 0 fully saturated rings. The van der Waals surface area contributed by atoms with Crippen LogP contribution in [0.3, 0.4) is 0 Å². The van der Waals surface area contributed by atoms with Gasteiger partial charge in [0, 0.05) is 114 Å². The Morgan fingerprint density at radius 2 is 0.738 bits per heavy atom. The highest BCUT2D eigenvalue weighted by molar-refractivity contribution is 6.26. The Labute approximate surface area is 866 Å². The van der Waals surface area contributed by atoms with Gasteiger partial charge in [0.1, 0.15) is 0 Å². The Morgan fingerprint density at radius 3 is 1.23 bits per heavy atom. The van der Waals surface area contributed by atoms with Crippen molar-refractivity contribution in [3.05, 3.63) is 599 Å². The van der Waals surface area contributed by atoms with Crippen LogP contribution < -0.4 is 35.1 Å². The van der Waals surface area contributed by atoms with E-state index in [2.05, 4.69) is 419 Å². The van der Waals surface area contributed by atoms with E-state index < -0.39 is 60.4 Å². The summed E-state index contributed by atoms with van der Waals surface area (Å²) in [6.45, 7) is 26.8. The molecular weight excluding hydrogens is 1760 g/mol. The van der Waals surface area contributed by atoms with E-state index in [1.807, 2.05) is 85.0 Å². The number of hydrogen-bond acceptors (Lipinski definition) is 9. The van der Waals surface area contributed by atoms with E-state index in [0.717, 1.165) is 89.7 Å². The minimum Gasteiger partial charge on any atom is -0.356 e. The number of fused-ring (bicyclic) bond motifs is 6. The van der Waals surface area contributed by atoms with Crippen molar-refractivity contribution < 1.29 is 13.7 Å². The molecule has 2 atom stereocenters. The topological polar surface area (TPSA) is 70.4 Å². The molecule has 2 aromatic heterocycles. The van der Waals surface area contributed by atoms with E-state index >= 15 is 0 Å². The van der Waals surface area contributed by atoms with Gasteiger partial charge in [-0.1, -0.05) is 363 Å². The predicted octanol–water partition coefficient (Wildman–Crippen LogP) is 38.0. The molecular formula is C135H112N10. The highest BCUT2D eigenvalue weighted by atomic mass is 15.2. The number of benzene rings is 19. The Hall–Kier alpha value is -19.0. The van der Waals surface area contributed by atoms with Crippen LogP contribution in [0.4, 0.5) is 108 Å². The van der Waals surface area contributed by atoms with Crippen molar-refractivity contribution >= 4 is 165 Å². The number of rotatable bonds is 21. The summed E-state index contributed by atoms with van der Waals surface area (Å²) in [5.74, 6) is 0.320. The van der Waals surface area contributed by atoms with Crippen LogP contribution in [0.15, 0.2) is 548 Å². The number of para-hydroxylation sites is 7. The second-order valence-corrected chi connectivity index (χ2v) is 34.8. The summed E-state index contributed by atoms with van der Waals surface area (Å²) in [5, 5.41) is 14.2. The summed E-state index contributed by atoms with van der Waals surface area (Å²) in [7, 11) is 0. The highest BCUT2D eigenvalue weighted by Crippen LogP contribution is 2.54. The van der Waals surface area contributed by atoms with Crippen LogP contribution in [0.5, 0.6) is 0 Å². The predicted molar refractivity (Wildman–Crippen MR) is 620 cm³/mol. The van der Waals surface area contributed by atoms with Gasteiger partial charge in [-0.25, -0.2) is 4.85 Å². The van der Waals surface area contributed by atoms with Crippen LogP contribution in [0.25, 0.3) is 72.6 Å². The summed E-state index contributed by atoms with van der Waals surface area (Å²) in [6.07, 6.45) is 23.3. The van der Waals surface area contributed by atoms with E-state index in [1.165, 1.54) is 82.9 Å². The molecule has 0 saturated carbocycles. The molecule has 145 heavy (non-hydrogen) atoms. The lowest BCUT2D eigenvalue weighted by Gasteiger charge is -2.28. The molecule has 3 heterocycles. The van der Waals surface area contributed by atoms with Gasteiger partial charge in [0.2, 0.25) is 0 Å². The zero-order chi connectivity index (χ0) is 107. The van der Waals surface area contributed by atoms with E-state index in [-0.39, 0.29) is 35.9 Å². The van der Waals surface area contributed by atoms with Gasteiger partial charge in [0.05, 0.1) is 55.8 Å². The van der Waals surface area contributed by atoms with Crippen LogP contribution in [0.2, 0.25) is 0 Å². The van der Waals surface area contributed by atoms with E-state index in [9.17, 15) is 0 Å². The average molecular weight is 1880 g/mol. The molecule has 19 aromatic carbocycles. The fourth-order valence-corrected chi connectivity index (χ4v) is 18.6. The molecule has 1 aliphatic heterocycles. The van der Waals surface area contributed by atoms with Crippen molar-refractivity contribution in [1.29, 1.82) is 0 Å². The zero-order valence-corrected chi connectivity index (χ0v) is 79.7. The first-order valence-electron chi connectivity index (χ1n) is 52.6. The Balaban J connectivity index is 0.000000123. The van der Waals surface area contributed by atoms with Crippen molar-refractivity contribution in [2.45, 2.75) is 38.6 Å². The number of aromatic nitrogens is 2. The number of anilines is 18. The fraction of sp³-hybridized carbons (Fsp3) is 0.0444. The van der Waals surface area contributed by atoms with Crippen molar-refractivity contribution in [1.82, 2.24) is 9.97 Å². The van der Waals surface area contributed by atoms with Crippen molar-refractivity contribution in [3.8, 4) is 11.1 Å². The number of pyridine rings is 2. The summed E-state index contributed by atoms with van der Waals surface area (Å²) in [4.78, 5) is 21.9. The van der Waals surface area contributed by atoms with Crippen LogP contribution >= 0.6 is 0 Å². The van der Waals surface area contributed by atoms with Gasteiger partial charge in [-0.2, -0.15) is 0 Å². The number of nitrogens with one attached hydrogen (secondary N) is 2. The standard InChI is InChI=1S/C32H26N2.C30H21N.C29H25N.C20H17N.C13H10N2.C10H9N3.CH4/c1-2-24-17-19-27(20-18-24)33(25-11-5-3-6-12-25)28-21-22-32-30(23-28)29-15-9-10-16-31(29)34(32)26-13-7-4-8-14-26;1-2-21-11-17-26(18-12-21)31(25-9-4-3-5-10-25)28-20-16-24-14-13-22-7-6-8-23-15-19-27(28)30(24)29(22)23;1-4-21-14-16-23(17-15-21)30(22-10-6-5-7-11-22)24-18-19-26-25-12-8-9-13-27(25)29(2,3)28(26)20-24;1-2-17-13-15-20(16-14-17)21(18-9-5-3-6-10-18)19-11-7-4-8-12-19;1-14-11-7-9-13(10-8-11)15-12-5-3-2-4-6-12;1-3-9(7-11-5-1)13-10-4-2-6-12-8-10;/h2-23,29,31H,1H2;2-20H,1H2;4-20H,1H2,2-3H3;2-16H,1H2;2-10,15H;1-8,13H;1H4/i;;;3D,4D,5D,6D,7D,8D,9D,10D,11D,12D;;;. The second kappa shape index (κ2) is 45.8. The molecule has 10 heteroatoms. The molecule has 2 N–H and O–H groups in total. The molecule has 24 rings (SSSR count). The molecule has 702 valence electrons. The maximum Gasteiger partial charge on any atom is 0.187 e. The molecule has 3 aliphatic rings. The maximum atomic E-state index is 8.35. The lowest BCUT2D eigenvalue weighted by atomic mass is 9.82. The third-order valence-electron chi connectivity index (χ3n) is 25.6. The van der Waals surface area contributed by atoms with Gasteiger partial charge in [-0.15, -0.1) is 0 Å². The molecule has 21 aromatic rings. The number of hydrogen-bond donors (Lipinski definition) is 2. The van der Waals surface area contributed by atoms with Crippen molar-refractivity contribution in [3.63, 3.8) is 0 Å². The van der Waals surface area contributed by atoms with E-state index in [1.54, 1.807) is 67.3 Å². The first kappa shape index (κ1) is 84.1. The van der Waals surface area contributed by atoms with Gasteiger partial charge < -0.3 is 35.1 Å². The van der Waals surface area contributed by atoms with Crippen molar-refractivity contribution in [2.24, 2.45) is 0 Å². The maximum absolute atomic E-state index is 8.35. The van der Waals surface area contributed by atoms with Gasteiger partial charge in [0.15, 0.2) is 5.69 Å². The first-order valence-corrected chi connectivity index (χ1v) is 47.6. The SMILES string of the molecule is C.C=Cc1ccc(N(c2ccccc2)c2ccc3c(c2)C(C)(C)c2ccccc2-3)cc1.C=Cc1ccc(N(c2ccccc2)c2ccc3c(c2)C2C=CC=CC2N3c2ccccc2)cc1.C=Cc1ccc(N(c2ccccc2)c2ccc3ccc4cccc5ccc2c3c45)cc1.[2H]c1c([2H])c([2H])c(N(c2ccc(C=C)cc2)c2c([2H])c([2H])c([2H])c([2H])c2[2H])c([2H])c1[2H].[C-]#[N+]c1ccc(Nc2ccccc2)cc1.c1cncc(Nc2cccnc2)c1. The highest BCUT2D eigenvalue weighted by Gasteiger charge is 2.39. The van der Waals surface area contributed by atoms with Crippen LogP contribution in [-0.2, 0) is 5.41 Å². The first-order chi connectivity index (χ1) is 75.1. The average Bonchev–Trinajstić information content (AvgIpc) is 1.21. The number of allylic oxidation sites excluding steroid dienone is 2. The molecule has 2 aliphatic carbocycles. The van der Waals surface area contributed by atoms with E-state index in [0.29, 0.717) is 11.6 Å². The largest absolute Gasteiger partial charge is 0.356 e. The molecule has 0 radical (unpaired) electrons. The molecule has 2 unspecified atom stereocenters. The number of nitrogens with zero attached hydrogens (tertiary/aromatic N) is 8. The normalized spacial score (nSPS) is 13.6. The second-order valence-electron chi connectivity index (χ2n) is 34.8. The third-order valence-corrected chi connectivity index (χ3v) is 25.6.